The lowest BCUT2D eigenvalue weighted by Gasteiger charge is -2.38. The maximum absolute atomic E-state index is 13.6. The summed E-state index contributed by atoms with van der Waals surface area (Å²) < 4.78 is 68.9. The third kappa shape index (κ3) is 9.64. The summed E-state index contributed by atoms with van der Waals surface area (Å²) in [6.07, 6.45) is 3.70. The van der Waals surface area contributed by atoms with Gasteiger partial charge in [0.1, 0.15) is 5.75 Å². The summed E-state index contributed by atoms with van der Waals surface area (Å²) in [6, 6.07) is 8.91. The number of amides is 2. The van der Waals surface area contributed by atoms with E-state index in [4.69, 9.17) is 0 Å². The van der Waals surface area contributed by atoms with Crippen LogP contribution in [0.4, 0.5) is 22.0 Å². The predicted octanol–water partition coefficient (Wildman–Crippen LogP) is 6.69. The highest BCUT2D eigenvalue weighted by atomic mass is 32.2. The first-order valence-corrected chi connectivity index (χ1v) is 17.2. The molecular formula is C35H44F5N3O3S. The Morgan fingerprint density at radius 1 is 1.09 bits per heavy atom. The molecule has 1 N–H and O–H groups in total. The Hall–Kier alpha value is -3.28. The van der Waals surface area contributed by atoms with Gasteiger partial charge in [-0.15, -0.1) is 13.2 Å². The molecule has 2 aromatic rings. The van der Waals surface area contributed by atoms with Crippen LogP contribution in [0.1, 0.15) is 85.6 Å². The van der Waals surface area contributed by atoms with Crippen molar-refractivity contribution in [2.24, 2.45) is 5.41 Å². The summed E-state index contributed by atoms with van der Waals surface area (Å²) in [6.45, 7) is 9.52. The summed E-state index contributed by atoms with van der Waals surface area (Å²) in [7, 11) is 0. The number of benzene rings is 2. The van der Waals surface area contributed by atoms with Crippen molar-refractivity contribution in [2.75, 3.05) is 31.9 Å². The second-order valence-corrected chi connectivity index (χ2v) is 13.9. The molecule has 2 amide bonds. The number of halogens is 5. The molecule has 1 fully saturated rings. The molecule has 2 aliphatic rings. The topological polar surface area (TPSA) is 61.9 Å². The van der Waals surface area contributed by atoms with E-state index in [1.807, 2.05) is 13.0 Å². The number of alkyl halides is 5. The Morgan fingerprint density at radius 3 is 2.47 bits per heavy atom. The summed E-state index contributed by atoms with van der Waals surface area (Å²) >= 11 is 0.536. The number of fused-ring (bicyclic) bond motifs is 1. The van der Waals surface area contributed by atoms with Gasteiger partial charge >= 0.3 is 6.36 Å². The SMILES string of the molecule is CCCCC1(CN2C=c3c(C)c(C(=O)NCCSC(F)(F)CC)ccc3=CCC2C)CCN(C(=O)c2ccc(OC(F)(F)F)cc2)C1. The highest BCUT2D eigenvalue weighted by Gasteiger charge is 2.41. The minimum Gasteiger partial charge on any atom is -0.406 e. The number of rotatable bonds is 13. The molecule has 2 aromatic carbocycles. The Balaban J connectivity index is 1.53. The van der Waals surface area contributed by atoms with Gasteiger partial charge in [-0.1, -0.05) is 50.6 Å². The maximum Gasteiger partial charge on any atom is 0.573 e. The monoisotopic (exact) mass is 681 g/mol. The van der Waals surface area contributed by atoms with E-state index in [2.05, 4.69) is 41.1 Å². The van der Waals surface area contributed by atoms with Crippen molar-refractivity contribution < 1.29 is 36.3 Å². The van der Waals surface area contributed by atoms with E-state index in [0.29, 0.717) is 42.5 Å². The number of likely N-dealkylation sites (tertiary alicyclic amines) is 1. The molecule has 2 aliphatic heterocycles. The summed E-state index contributed by atoms with van der Waals surface area (Å²) in [5.41, 5.74) is 1.43. The lowest BCUT2D eigenvalue weighted by Crippen LogP contribution is -2.43. The zero-order valence-electron chi connectivity index (χ0n) is 27.4. The second-order valence-electron chi connectivity index (χ2n) is 12.6. The van der Waals surface area contributed by atoms with Crippen molar-refractivity contribution in [3.8, 4) is 5.75 Å². The van der Waals surface area contributed by atoms with Gasteiger partial charge in [0.25, 0.3) is 17.1 Å². The zero-order valence-corrected chi connectivity index (χ0v) is 28.2. The normalized spacial score (nSPS) is 19.8. The molecule has 0 saturated carbocycles. The van der Waals surface area contributed by atoms with Gasteiger partial charge in [0.15, 0.2) is 0 Å². The summed E-state index contributed by atoms with van der Waals surface area (Å²) in [5, 5.41) is 1.93. The standard InChI is InChI=1S/C35H44F5N3O3S/c1-5-7-16-33(17-19-42(22-33)32(45)27-10-13-28(14-11-27)46-35(38,39)40)23-43-21-30-25(4)29(15-12-26(30)9-8-24(43)3)31(44)41-18-20-47-34(36,37)6-2/h9-15,21,24H,5-8,16-20,22-23H2,1-4H3,(H,41,44). The Bertz CT molecular complexity index is 1530. The number of nitrogens with one attached hydrogen (secondary N) is 1. The van der Waals surface area contributed by atoms with Crippen molar-refractivity contribution in [1.82, 2.24) is 15.1 Å². The third-order valence-corrected chi connectivity index (χ3v) is 10.2. The van der Waals surface area contributed by atoms with E-state index < -0.39 is 11.6 Å². The molecule has 0 aromatic heterocycles. The van der Waals surface area contributed by atoms with Gasteiger partial charge in [-0.25, -0.2) is 0 Å². The number of hydrogen-bond acceptors (Lipinski definition) is 5. The van der Waals surface area contributed by atoms with Crippen LogP contribution < -0.4 is 20.5 Å². The number of nitrogens with zero attached hydrogens (tertiary/aromatic N) is 2. The van der Waals surface area contributed by atoms with Crippen molar-refractivity contribution in [3.63, 3.8) is 0 Å². The third-order valence-electron chi connectivity index (χ3n) is 9.08. The average Bonchev–Trinajstić information content (AvgIpc) is 3.37. The molecule has 0 spiro atoms. The van der Waals surface area contributed by atoms with Gasteiger partial charge in [0.05, 0.1) is 0 Å². The van der Waals surface area contributed by atoms with Crippen LogP contribution in [0.5, 0.6) is 5.75 Å². The Labute approximate surface area is 277 Å². The van der Waals surface area contributed by atoms with E-state index in [-0.39, 0.29) is 47.7 Å². The van der Waals surface area contributed by atoms with Crippen molar-refractivity contribution in [1.29, 1.82) is 0 Å². The quantitative estimate of drug-likeness (QED) is 0.189. The Morgan fingerprint density at radius 2 is 1.81 bits per heavy atom. The second kappa shape index (κ2) is 15.3. The Kier molecular flexibility index (Phi) is 11.9. The zero-order chi connectivity index (χ0) is 34.4. The van der Waals surface area contributed by atoms with Crippen molar-refractivity contribution >= 4 is 35.9 Å². The smallest absolute Gasteiger partial charge is 0.406 e. The van der Waals surface area contributed by atoms with Crippen molar-refractivity contribution in [2.45, 2.75) is 83.9 Å². The van der Waals surface area contributed by atoms with E-state index >= 15 is 0 Å². The van der Waals surface area contributed by atoms with E-state index in [1.54, 1.807) is 11.0 Å². The summed E-state index contributed by atoms with van der Waals surface area (Å²) in [5.74, 6) is -0.789. The van der Waals surface area contributed by atoms with Crippen LogP contribution in [-0.2, 0) is 0 Å². The largest absolute Gasteiger partial charge is 0.573 e. The number of unbranched alkanes of at least 4 members (excludes halogenated alkanes) is 1. The van der Waals surface area contributed by atoms with Gasteiger partial charge in [0.2, 0.25) is 0 Å². The fourth-order valence-electron chi connectivity index (χ4n) is 6.28. The van der Waals surface area contributed by atoms with Crippen molar-refractivity contribution in [3.05, 3.63) is 63.5 Å². The molecular weight excluding hydrogens is 637 g/mol. The van der Waals surface area contributed by atoms with Gasteiger partial charge in [-0.3, -0.25) is 9.59 Å². The number of carbonyl (C=O) groups excluding carboxylic acids is 2. The van der Waals surface area contributed by atoms with Crippen LogP contribution in [0.15, 0.2) is 36.4 Å². The average molecular weight is 682 g/mol. The molecule has 258 valence electrons. The lowest BCUT2D eigenvalue weighted by atomic mass is 9.81. The fourth-order valence-corrected chi connectivity index (χ4v) is 6.98. The molecule has 2 atom stereocenters. The van der Waals surface area contributed by atoms with Gasteiger partial charge in [-0.2, -0.15) is 8.78 Å². The first-order chi connectivity index (χ1) is 22.2. The maximum atomic E-state index is 13.6. The number of ether oxygens (including phenoxy) is 1. The van der Waals surface area contributed by atoms with E-state index in [1.165, 1.54) is 19.1 Å². The number of thioether (sulfide) groups is 1. The van der Waals surface area contributed by atoms with E-state index in [9.17, 15) is 31.5 Å². The molecule has 2 heterocycles. The van der Waals surface area contributed by atoms with Crippen LogP contribution in [-0.4, -0.2) is 71.2 Å². The highest BCUT2D eigenvalue weighted by Crippen LogP contribution is 2.38. The van der Waals surface area contributed by atoms with Crippen LogP contribution in [0.3, 0.4) is 0 Å². The van der Waals surface area contributed by atoms with E-state index in [0.717, 1.165) is 60.2 Å². The summed E-state index contributed by atoms with van der Waals surface area (Å²) in [4.78, 5) is 30.6. The molecule has 2 unspecified atom stereocenters. The lowest BCUT2D eigenvalue weighted by molar-refractivity contribution is -0.274. The molecule has 6 nitrogen and oxygen atoms in total. The van der Waals surface area contributed by atoms with Crippen LogP contribution in [0.2, 0.25) is 0 Å². The first kappa shape index (κ1) is 36.6. The number of carbonyl (C=O) groups is 2. The van der Waals surface area contributed by atoms with Crippen LogP contribution >= 0.6 is 11.8 Å². The first-order valence-electron chi connectivity index (χ1n) is 16.2. The molecule has 0 bridgehead atoms. The van der Waals surface area contributed by atoms with Crippen LogP contribution in [0, 0.1) is 12.3 Å². The molecule has 12 heteroatoms. The highest BCUT2D eigenvalue weighted by molar-refractivity contribution is 8.00. The molecule has 1 saturated heterocycles. The van der Waals surface area contributed by atoms with Gasteiger partial charge < -0.3 is 19.9 Å². The van der Waals surface area contributed by atoms with Gasteiger partial charge in [0, 0.05) is 72.4 Å². The predicted molar refractivity (Wildman–Crippen MR) is 176 cm³/mol. The molecule has 4 rings (SSSR count). The molecule has 0 aliphatic carbocycles. The van der Waals surface area contributed by atoms with Gasteiger partial charge in [-0.05, 0) is 74.2 Å². The minimum absolute atomic E-state index is 0.110. The fraction of sp³-hybridized carbons (Fsp3) is 0.543. The minimum atomic E-state index is -4.80. The van der Waals surface area contributed by atoms with Crippen LogP contribution in [0.25, 0.3) is 12.3 Å². The number of hydrogen-bond donors (Lipinski definition) is 1. The molecule has 0 radical (unpaired) electrons. The molecule has 47 heavy (non-hydrogen) atoms.